The predicted octanol–water partition coefficient (Wildman–Crippen LogP) is 3.64. The minimum atomic E-state index is -0.522. The van der Waals surface area contributed by atoms with Crippen molar-refractivity contribution in [2.75, 3.05) is 31.5 Å². The van der Waals surface area contributed by atoms with Crippen LogP contribution < -0.4 is 10.6 Å². The topological polar surface area (TPSA) is 105 Å². The van der Waals surface area contributed by atoms with Crippen molar-refractivity contribution in [2.45, 2.75) is 39.2 Å². The molecule has 2 aromatic carbocycles. The molecule has 0 atom stereocenters. The number of hydrogen-bond acceptors (Lipinski definition) is 6. The Morgan fingerprint density at radius 2 is 1.54 bits per heavy atom. The number of amides is 2. The number of carbonyl (C=O) groups excluding carboxylic acids is 4. The van der Waals surface area contributed by atoms with Gasteiger partial charge >= 0.3 is 6.09 Å². The minimum Gasteiger partial charge on any atom is -0.444 e. The smallest absolute Gasteiger partial charge is 0.407 e. The number of nitrogens with zero attached hydrogens (tertiary/aromatic N) is 1. The molecule has 8 nitrogen and oxygen atoms in total. The van der Waals surface area contributed by atoms with Crippen molar-refractivity contribution >= 4 is 29.3 Å². The van der Waals surface area contributed by atoms with Crippen LogP contribution in [0.3, 0.4) is 0 Å². The number of alkyl carbamates (subject to hydrolysis) is 1. The van der Waals surface area contributed by atoms with E-state index in [9.17, 15) is 19.2 Å². The largest absolute Gasteiger partial charge is 0.444 e. The van der Waals surface area contributed by atoms with Crippen molar-refractivity contribution in [1.82, 2.24) is 10.2 Å². The van der Waals surface area contributed by atoms with Gasteiger partial charge in [0.15, 0.2) is 11.6 Å². The molecule has 0 unspecified atom stereocenters. The average molecular weight is 478 g/mol. The number of likely N-dealkylation sites (tertiary alicyclic amines) is 1. The molecule has 8 heteroatoms. The van der Waals surface area contributed by atoms with Crippen molar-refractivity contribution in [3.63, 3.8) is 0 Å². The summed E-state index contributed by atoms with van der Waals surface area (Å²) < 4.78 is 5.27. The zero-order valence-electron chi connectivity index (χ0n) is 20.3. The maximum atomic E-state index is 12.9. The molecule has 4 rings (SSSR count). The lowest BCUT2D eigenvalue weighted by Crippen LogP contribution is -2.42. The number of rotatable bonds is 5. The molecular weight excluding hydrogens is 446 g/mol. The van der Waals surface area contributed by atoms with Gasteiger partial charge in [0.2, 0.25) is 5.91 Å². The highest BCUT2D eigenvalue weighted by Gasteiger charge is 2.29. The number of ketones is 2. The molecule has 0 aromatic heterocycles. The highest BCUT2D eigenvalue weighted by molar-refractivity contribution is 6.28. The zero-order chi connectivity index (χ0) is 25.2. The maximum Gasteiger partial charge on any atom is 0.407 e. The lowest BCUT2D eigenvalue weighted by Gasteiger charge is -2.31. The highest BCUT2D eigenvalue weighted by atomic mass is 16.6. The Labute approximate surface area is 205 Å². The quantitative estimate of drug-likeness (QED) is 0.581. The normalized spacial score (nSPS) is 16.3. The van der Waals surface area contributed by atoms with Crippen LogP contribution in [0.25, 0.3) is 0 Å². The number of anilines is 1. The van der Waals surface area contributed by atoms with E-state index in [-0.39, 0.29) is 24.0 Å². The lowest BCUT2D eigenvalue weighted by atomic mass is 9.84. The van der Waals surface area contributed by atoms with Crippen LogP contribution in [0.1, 0.15) is 65.5 Å². The second kappa shape index (κ2) is 10.00. The van der Waals surface area contributed by atoms with Gasteiger partial charge in [-0.25, -0.2) is 4.79 Å². The standard InChI is InChI=1S/C27H31N3O5/c1-27(2,3)35-26(34)28-15-17-10-12-30(13-11-17)16-23(31)29-18-8-9-21-22(14-18)25(33)20-7-5-4-6-19(20)24(21)32/h4-9,14,17H,10-13,15-16H2,1-3H3,(H,28,34)(H,29,31). The lowest BCUT2D eigenvalue weighted by molar-refractivity contribution is -0.117. The SMILES string of the molecule is CC(C)(C)OC(=O)NCC1CCN(CC(=O)Nc2ccc3c(c2)C(=O)c2ccccc2C3=O)CC1. The first-order chi connectivity index (χ1) is 16.6. The Hall–Kier alpha value is -3.52. The van der Waals surface area contributed by atoms with Crippen molar-refractivity contribution in [1.29, 1.82) is 0 Å². The molecule has 0 spiro atoms. The minimum absolute atomic E-state index is 0.176. The molecule has 0 radical (unpaired) electrons. The van der Waals surface area contributed by atoms with Gasteiger partial charge < -0.3 is 15.4 Å². The summed E-state index contributed by atoms with van der Waals surface area (Å²) in [4.78, 5) is 52.2. The Bertz CT molecular complexity index is 1160. The fourth-order valence-corrected chi connectivity index (χ4v) is 4.47. The molecule has 2 amide bonds. The maximum absolute atomic E-state index is 12.9. The Kier molecular flexibility index (Phi) is 7.03. The van der Waals surface area contributed by atoms with E-state index in [2.05, 4.69) is 15.5 Å². The third-order valence-electron chi connectivity index (χ3n) is 6.22. The average Bonchev–Trinajstić information content (AvgIpc) is 2.81. The molecule has 2 aromatic rings. The number of benzene rings is 2. The molecule has 35 heavy (non-hydrogen) atoms. The van der Waals surface area contributed by atoms with Crippen LogP contribution in [0.4, 0.5) is 10.5 Å². The number of nitrogens with one attached hydrogen (secondary N) is 2. The first-order valence-electron chi connectivity index (χ1n) is 11.9. The molecule has 1 heterocycles. The molecular formula is C27H31N3O5. The molecule has 0 saturated carbocycles. The summed E-state index contributed by atoms with van der Waals surface area (Å²) in [5.74, 6) is -0.232. The van der Waals surface area contributed by atoms with Crippen LogP contribution in [0.15, 0.2) is 42.5 Å². The first kappa shape index (κ1) is 24.6. The van der Waals surface area contributed by atoms with Crippen LogP contribution in [-0.4, -0.2) is 60.2 Å². The molecule has 184 valence electrons. The second-order valence-corrected chi connectivity index (χ2v) is 10.1. The third kappa shape index (κ3) is 5.95. The fourth-order valence-electron chi connectivity index (χ4n) is 4.47. The third-order valence-corrected chi connectivity index (χ3v) is 6.22. The van der Waals surface area contributed by atoms with Gasteiger partial charge in [0.05, 0.1) is 6.54 Å². The van der Waals surface area contributed by atoms with E-state index in [0.29, 0.717) is 40.4 Å². The summed E-state index contributed by atoms with van der Waals surface area (Å²) in [6.45, 7) is 7.78. The van der Waals surface area contributed by atoms with E-state index in [1.54, 1.807) is 42.5 Å². The van der Waals surface area contributed by atoms with Gasteiger partial charge in [0, 0.05) is 34.5 Å². The van der Waals surface area contributed by atoms with E-state index < -0.39 is 11.7 Å². The molecule has 2 N–H and O–H groups in total. The molecule has 1 fully saturated rings. The first-order valence-corrected chi connectivity index (χ1v) is 11.9. The second-order valence-electron chi connectivity index (χ2n) is 10.1. The van der Waals surface area contributed by atoms with Crippen LogP contribution in [0, 0.1) is 5.92 Å². The zero-order valence-corrected chi connectivity index (χ0v) is 20.3. The number of carbonyl (C=O) groups is 4. The predicted molar refractivity (Wildman–Crippen MR) is 132 cm³/mol. The van der Waals surface area contributed by atoms with E-state index in [0.717, 1.165) is 25.9 Å². The van der Waals surface area contributed by atoms with E-state index in [4.69, 9.17) is 4.74 Å². The fraction of sp³-hybridized carbons (Fsp3) is 0.407. The number of fused-ring (bicyclic) bond motifs is 2. The van der Waals surface area contributed by atoms with Gasteiger partial charge in [-0.1, -0.05) is 24.3 Å². The van der Waals surface area contributed by atoms with Crippen molar-refractivity contribution in [2.24, 2.45) is 5.92 Å². The Morgan fingerprint density at radius 3 is 2.17 bits per heavy atom. The summed E-state index contributed by atoms with van der Waals surface area (Å²) in [7, 11) is 0. The van der Waals surface area contributed by atoms with Crippen molar-refractivity contribution < 1.29 is 23.9 Å². The molecule has 1 aliphatic carbocycles. The van der Waals surface area contributed by atoms with E-state index in [1.807, 2.05) is 20.8 Å². The molecule has 1 saturated heterocycles. The van der Waals surface area contributed by atoms with Gasteiger partial charge in [0.1, 0.15) is 5.60 Å². The van der Waals surface area contributed by atoms with Crippen LogP contribution >= 0.6 is 0 Å². The van der Waals surface area contributed by atoms with Gasteiger partial charge in [-0.2, -0.15) is 0 Å². The van der Waals surface area contributed by atoms with Gasteiger partial charge in [0.25, 0.3) is 0 Å². The van der Waals surface area contributed by atoms with Gasteiger partial charge in [-0.15, -0.1) is 0 Å². The molecule has 1 aliphatic heterocycles. The summed E-state index contributed by atoms with van der Waals surface area (Å²) in [6.07, 6.45) is 1.34. The monoisotopic (exact) mass is 477 g/mol. The van der Waals surface area contributed by atoms with Crippen LogP contribution in [-0.2, 0) is 9.53 Å². The van der Waals surface area contributed by atoms with Gasteiger partial charge in [-0.3, -0.25) is 19.3 Å². The number of hydrogen-bond donors (Lipinski definition) is 2. The molecule has 0 bridgehead atoms. The van der Waals surface area contributed by atoms with Gasteiger partial charge in [-0.05, 0) is 70.8 Å². The number of piperidine rings is 1. The summed E-state index contributed by atoms with van der Waals surface area (Å²) >= 11 is 0. The summed E-state index contributed by atoms with van der Waals surface area (Å²) in [6, 6.07) is 11.6. The summed E-state index contributed by atoms with van der Waals surface area (Å²) in [5, 5.41) is 5.68. The van der Waals surface area contributed by atoms with Crippen LogP contribution in [0.5, 0.6) is 0 Å². The molecule has 2 aliphatic rings. The van der Waals surface area contributed by atoms with Crippen LogP contribution in [0.2, 0.25) is 0 Å². The van der Waals surface area contributed by atoms with Crippen molar-refractivity contribution in [3.8, 4) is 0 Å². The number of ether oxygens (including phenoxy) is 1. The van der Waals surface area contributed by atoms with E-state index in [1.165, 1.54) is 0 Å². The van der Waals surface area contributed by atoms with E-state index >= 15 is 0 Å². The van der Waals surface area contributed by atoms with Crippen molar-refractivity contribution in [3.05, 3.63) is 64.7 Å². The Balaban J connectivity index is 1.27. The highest BCUT2D eigenvalue weighted by Crippen LogP contribution is 2.29. The summed E-state index contributed by atoms with van der Waals surface area (Å²) in [5.41, 5.74) is 1.43. The Morgan fingerprint density at radius 1 is 0.943 bits per heavy atom.